The molecule has 0 saturated carbocycles. The smallest absolute Gasteiger partial charge is 0.0949 e. The number of benzene rings is 1. The molecule has 0 amide bonds. The molecule has 1 aliphatic heterocycles. The Morgan fingerprint density at radius 2 is 2.00 bits per heavy atom. The zero-order chi connectivity index (χ0) is 9.10. The van der Waals surface area contributed by atoms with E-state index in [9.17, 15) is 0 Å². The third kappa shape index (κ3) is 2.85. The van der Waals surface area contributed by atoms with Crippen LogP contribution in [0.1, 0.15) is 11.7 Å². The number of halogens is 2. The van der Waals surface area contributed by atoms with Gasteiger partial charge in [0, 0.05) is 18.1 Å². The van der Waals surface area contributed by atoms with Crippen LogP contribution in [-0.4, -0.2) is 19.7 Å². The van der Waals surface area contributed by atoms with Crippen molar-refractivity contribution in [1.29, 1.82) is 0 Å². The Morgan fingerprint density at radius 3 is 2.57 bits per heavy atom. The van der Waals surface area contributed by atoms with Crippen molar-refractivity contribution < 1.29 is 4.74 Å². The lowest BCUT2D eigenvalue weighted by atomic mass is 10.1. The molecule has 78 valence electrons. The van der Waals surface area contributed by atoms with Crippen molar-refractivity contribution in [2.75, 3.05) is 19.7 Å². The van der Waals surface area contributed by atoms with Gasteiger partial charge in [0.1, 0.15) is 0 Å². The minimum Gasteiger partial charge on any atom is -0.371 e. The molecule has 1 N–H and O–H groups in total. The Kier molecular flexibility index (Phi) is 4.69. The monoisotopic (exact) mass is 233 g/mol. The number of rotatable bonds is 1. The van der Waals surface area contributed by atoms with Crippen molar-refractivity contribution in [1.82, 2.24) is 5.32 Å². The van der Waals surface area contributed by atoms with Crippen LogP contribution >= 0.6 is 24.0 Å². The maximum absolute atomic E-state index is 5.79. The second-order valence-corrected chi connectivity index (χ2v) is 3.55. The predicted molar refractivity (Wildman–Crippen MR) is 60.3 cm³/mol. The van der Waals surface area contributed by atoms with Gasteiger partial charge in [0.2, 0.25) is 0 Å². The Balaban J connectivity index is 0.000000980. The van der Waals surface area contributed by atoms with Gasteiger partial charge >= 0.3 is 0 Å². The Labute approximate surface area is 95.0 Å². The van der Waals surface area contributed by atoms with E-state index < -0.39 is 0 Å². The third-order valence-corrected chi connectivity index (χ3v) is 2.42. The zero-order valence-corrected chi connectivity index (χ0v) is 9.27. The molecule has 1 atom stereocenters. The normalized spacial score (nSPS) is 21.4. The first-order valence-electron chi connectivity index (χ1n) is 4.44. The van der Waals surface area contributed by atoms with Crippen LogP contribution < -0.4 is 5.32 Å². The van der Waals surface area contributed by atoms with Gasteiger partial charge in [0.25, 0.3) is 0 Å². The van der Waals surface area contributed by atoms with Crippen molar-refractivity contribution in [3.8, 4) is 0 Å². The molecule has 14 heavy (non-hydrogen) atoms. The summed E-state index contributed by atoms with van der Waals surface area (Å²) in [7, 11) is 0. The van der Waals surface area contributed by atoms with Crippen LogP contribution in [0.25, 0.3) is 0 Å². The largest absolute Gasteiger partial charge is 0.371 e. The highest BCUT2D eigenvalue weighted by Crippen LogP contribution is 2.20. The highest BCUT2D eigenvalue weighted by Gasteiger charge is 2.14. The van der Waals surface area contributed by atoms with Crippen LogP contribution in [0.15, 0.2) is 24.3 Å². The van der Waals surface area contributed by atoms with Crippen molar-refractivity contribution in [3.63, 3.8) is 0 Å². The second-order valence-electron chi connectivity index (χ2n) is 3.12. The molecule has 2 rings (SSSR count). The summed E-state index contributed by atoms with van der Waals surface area (Å²) in [6.45, 7) is 2.62. The molecule has 1 aliphatic rings. The molecule has 1 unspecified atom stereocenters. The van der Waals surface area contributed by atoms with Gasteiger partial charge in [-0.2, -0.15) is 0 Å². The van der Waals surface area contributed by atoms with E-state index in [0.29, 0.717) is 0 Å². The van der Waals surface area contributed by atoms with Crippen molar-refractivity contribution in [2.24, 2.45) is 0 Å². The van der Waals surface area contributed by atoms with Crippen LogP contribution in [0.5, 0.6) is 0 Å². The quantitative estimate of drug-likeness (QED) is 0.805. The van der Waals surface area contributed by atoms with Gasteiger partial charge in [0.05, 0.1) is 12.7 Å². The summed E-state index contributed by atoms with van der Waals surface area (Å²) in [6.07, 6.45) is 0.186. The first-order chi connectivity index (χ1) is 6.36. The highest BCUT2D eigenvalue weighted by atomic mass is 35.5. The molecular weight excluding hydrogens is 221 g/mol. The molecule has 0 aliphatic carbocycles. The molecular formula is C10H13Cl2NO. The van der Waals surface area contributed by atoms with Gasteiger partial charge in [-0.05, 0) is 17.7 Å². The fourth-order valence-corrected chi connectivity index (χ4v) is 1.58. The maximum Gasteiger partial charge on any atom is 0.0949 e. The molecule has 1 fully saturated rings. The standard InChI is InChI=1S/C10H12ClNO.ClH/c11-9-3-1-8(2-4-9)10-7-12-5-6-13-10;/h1-4,10,12H,5-7H2;1H. The Morgan fingerprint density at radius 1 is 1.29 bits per heavy atom. The van der Waals surface area contributed by atoms with E-state index in [1.807, 2.05) is 24.3 Å². The molecule has 4 heteroatoms. The van der Waals surface area contributed by atoms with E-state index in [0.717, 1.165) is 24.7 Å². The Hall–Kier alpha value is -0.280. The summed E-state index contributed by atoms with van der Waals surface area (Å²) in [5, 5.41) is 4.06. The molecule has 1 heterocycles. The molecule has 2 nitrogen and oxygen atoms in total. The van der Waals surface area contributed by atoms with Gasteiger partial charge in [-0.25, -0.2) is 0 Å². The summed E-state index contributed by atoms with van der Waals surface area (Å²) in [5.41, 5.74) is 1.19. The fraction of sp³-hybridized carbons (Fsp3) is 0.400. The van der Waals surface area contributed by atoms with E-state index >= 15 is 0 Å². The van der Waals surface area contributed by atoms with E-state index in [4.69, 9.17) is 16.3 Å². The lowest BCUT2D eigenvalue weighted by Crippen LogP contribution is -2.33. The summed E-state index contributed by atoms with van der Waals surface area (Å²) in [5.74, 6) is 0. The van der Waals surface area contributed by atoms with Crippen LogP contribution in [0.4, 0.5) is 0 Å². The number of ether oxygens (including phenoxy) is 1. The van der Waals surface area contributed by atoms with E-state index in [2.05, 4.69) is 5.32 Å². The van der Waals surface area contributed by atoms with Gasteiger partial charge in [-0.1, -0.05) is 23.7 Å². The van der Waals surface area contributed by atoms with Crippen LogP contribution in [-0.2, 0) is 4.74 Å². The highest BCUT2D eigenvalue weighted by molar-refractivity contribution is 6.30. The van der Waals surface area contributed by atoms with Gasteiger partial charge in [0.15, 0.2) is 0 Å². The average molecular weight is 234 g/mol. The molecule has 0 spiro atoms. The summed E-state index contributed by atoms with van der Waals surface area (Å²) >= 11 is 5.79. The lowest BCUT2D eigenvalue weighted by molar-refractivity contribution is 0.0277. The van der Waals surface area contributed by atoms with Crippen molar-refractivity contribution >= 4 is 24.0 Å². The van der Waals surface area contributed by atoms with Gasteiger partial charge in [-0.3, -0.25) is 0 Å². The Bertz CT molecular complexity index is 270. The second kappa shape index (κ2) is 5.56. The van der Waals surface area contributed by atoms with Crippen molar-refractivity contribution in [3.05, 3.63) is 34.9 Å². The number of morpholine rings is 1. The minimum atomic E-state index is 0. The molecule has 0 aromatic heterocycles. The molecule has 1 aromatic rings. The van der Waals surface area contributed by atoms with Crippen LogP contribution in [0, 0.1) is 0 Å². The first-order valence-corrected chi connectivity index (χ1v) is 4.82. The molecule has 0 radical (unpaired) electrons. The molecule has 1 saturated heterocycles. The average Bonchev–Trinajstić information content (AvgIpc) is 2.20. The number of nitrogens with one attached hydrogen (secondary N) is 1. The summed E-state index contributed by atoms with van der Waals surface area (Å²) in [6, 6.07) is 7.82. The van der Waals surface area contributed by atoms with E-state index in [-0.39, 0.29) is 18.5 Å². The zero-order valence-electron chi connectivity index (χ0n) is 7.70. The van der Waals surface area contributed by atoms with Crippen molar-refractivity contribution in [2.45, 2.75) is 6.10 Å². The first kappa shape index (κ1) is 11.8. The predicted octanol–water partition coefficient (Wildman–Crippen LogP) is 2.42. The van der Waals surface area contributed by atoms with E-state index in [1.165, 1.54) is 5.56 Å². The summed E-state index contributed by atoms with van der Waals surface area (Å²) < 4.78 is 5.60. The van der Waals surface area contributed by atoms with Gasteiger partial charge in [-0.15, -0.1) is 12.4 Å². The van der Waals surface area contributed by atoms with E-state index in [1.54, 1.807) is 0 Å². The number of hydrogen-bond acceptors (Lipinski definition) is 2. The molecule has 0 bridgehead atoms. The third-order valence-electron chi connectivity index (χ3n) is 2.17. The topological polar surface area (TPSA) is 21.3 Å². The number of hydrogen-bond donors (Lipinski definition) is 1. The minimum absolute atomic E-state index is 0. The van der Waals surface area contributed by atoms with Crippen LogP contribution in [0.3, 0.4) is 0 Å². The molecule has 1 aromatic carbocycles. The lowest BCUT2D eigenvalue weighted by Gasteiger charge is -2.23. The fourth-order valence-electron chi connectivity index (χ4n) is 1.46. The SMILES string of the molecule is Cl.Clc1ccc(C2CNCCO2)cc1. The van der Waals surface area contributed by atoms with Crippen LogP contribution in [0.2, 0.25) is 5.02 Å². The summed E-state index contributed by atoms with van der Waals surface area (Å²) in [4.78, 5) is 0. The van der Waals surface area contributed by atoms with Gasteiger partial charge < -0.3 is 10.1 Å². The maximum atomic E-state index is 5.79.